The summed E-state index contributed by atoms with van der Waals surface area (Å²) in [6, 6.07) is 9.93. The van der Waals surface area contributed by atoms with E-state index in [2.05, 4.69) is 0 Å². The summed E-state index contributed by atoms with van der Waals surface area (Å²) in [7, 11) is 0. The molecule has 3 heteroatoms. The molecule has 0 aliphatic heterocycles. The van der Waals surface area contributed by atoms with E-state index in [0.717, 1.165) is 18.4 Å². The van der Waals surface area contributed by atoms with Crippen molar-refractivity contribution in [2.24, 2.45) is 0 Å². The molecular weight excluding hydrogens is 224 g/mol. The Labute approximate surface area is 102 Å². The van der Waals surface area contributed by atoms with Gasteiger partial charge in [-0.2, -0.15) is 0 Å². The molecule has 0 aromatic heterocycles. The van der Waals surface area contributed by atoms with Crippen LogP contribution in [0.25, 0.3) is 0 Å². The Kier molecular flexibility index (Phi) is 6.46. The third kappa shape index (κ3) is 4.97. The van der Waals surface area contributed by atoms with Gasteiger partial charge in [-0.3, -0.25) is 0 Å². The average Bonchev–Trinajstić information content (AvgIpc) is 2.30. The van der Waals surface area contributed by atoms with E-state index in [-0.39, 0.29) is 5.38 Å². The van der Waals surface area contributed by atoms with Gasteiger partial charge in [0.05, 0.1) is 24.7 Å². The van der Waals surface area contributed by atoms with Gasteiger partial charge >= 0.3 is 0 Å². The van der Waals surface area contributed by atoms with Crippen LogP contribution >= 0.6 is 11.6 Å². The number of aliphatic hydroxyl groups is 1. The van der Waals surface area contributed by atoms with Crippen LogP contribution in [-0.2, 0) is 11.3 Å². The number of alkyl halides is 1. The van der Waals surface area contributed by atoms with E-state index in [1.165, 1.54) is 0 Å². The van der Waals surface area contributed by atoms with Crippen molar-refractivity contribution in [2.75, 3.05) is 6.61 Å². The first kappa shape index (κ1) is 13.5. The molecule has 0 aliphatic rings. The van der Waals surface area contributed by atoms with Gasteiger partial charge in [-0.15, -0.1) is 11.6 Å². The normalized spacial score (nSPS) is 14.7. The van der Waals surface area contributed by atoms with Crippen LogP contribution in [0.4, 0.5) is 0 Å². The third-order valence-electron chi connectivity index (χ3n) is 2.39. The molecule has 0 unspecified atom stereocenters. The number of rotatable bonds is 7. The highest BCUT2D eigenvalue weighted by molar-refractivity contribution is 6.21. The van der Waals surface area contributed by atoms with Gasteiger partial charge in [-0.1, -0.05) is 43.7 Å². The maximum atomic E-state index is 9.60. The predicted molar refractivity (Wildman–Crippen MR) is 66.7 cm³/mol. The smallest absolute Gasteiger partial charge is 0.0828 e. The monoisotopic (exact) mass is 242 g/mol. The van der Waals surface area contributed by atoms with E-state index in [1.807, 2.05) is 37.3 Å². The van der Waals surface area contributed by atoms with Crippen molar-refractivity contribution in [2.45, 2.75) is 37.9 Å². The number of ether oxygens (including phenoxy) is 1. The summed E-state index contributed by atoms with van der Waals surface area (Å²) in [5.41, 5.74) is 1.12. The highest BCUT2D eigenvalue weighted by Crippen LogP contribution is 2.10. The van der Waals surface area contributed by atoms with Crippen LogP contribution in [-0.4, -0.2) is 23.2 Å². The fourth-order valence-electron chi connectivity index (χ4n) is 1.45. The average molecular weight is 243 g/mol. The SMILES string of the molecule is CCC[C@@H](O)[C@@H](Cl)COCc1ccccc1. The molecule has 0 spiro atoms. The first-order valence-corrected chi connectivity index (χ1v) is 6.11. The van der Waals surface area contributed by atoms with Crippen LogP contribution in [0.2, 0.25) is 0 Å². The van der Waals surface area contributed by atoms with Gasteiger partial charge in [0.1, 0.15) is 0 Å². The molecule has 0 saturated heterocycles. The van der Waals surface area contributed by atoms with Gasteiger partial charge in [0.2, 0.25) is 0 Å². The second-order valence-corrected chi connectivity index (χ2v) is 4.43. The number of aliphatic hydroxyl groups excluding tert-OH is 1. The minimum Gasteiger partial charge on any atom is -0.391 e. The van der Waals surface area contributed by atoms with Crippen LogP contribution in [0.15, 0.2) is 30.3 Å². The second-order valence-electron chi connectivity index (χ2n) is 3.87. The maximum Gasteiger partial charge on any atom is 0.0828 e. The molecule has 0 bridgehead atoms. The van der Waals surface area contributed by atoms with Gasteiger partial charge in [-0.05, 0) is 12.0 Å². The van der Waals surface area contributed by atoms with E-state index in [4.69, 9.17) is 16.3 Å². The van der Waals surface area contributed by atoms with E-state index in [0.29, 0.717) is 13.2 Å². The summed E-state index contributed by atoms with van der Waals surface area (Å²) in [6.45, 7) is 2.96. The van der Waals surface area contributed by atoms with Crippen LogP contribution in [0.5, 0.6) is 0 Å². The maximum absolute atomic E-state index is 9.60. The minimum atomic E-state index is -0.470. The van der Waals surface area contributed by atoms with Gasteiger partial charge in [-0.25, -0.2) is 0 Å². The lowest BCUT2D eigenvalue weighted by Gasteiger charge is -2.16. The standard InChI is InChI=1S/C13H19ClO2/c1-2-6-13(15)12(14)10-16-9-11-7-4-3-5-8-11/h3-5,7-8,12-13,15H,2,6,9-10H2,1H3/t12-,13+/m0/s1. The molecule has 2 atom stereocenters. The number of hydrogen-bond donors (Lipinski definition) is 1. The molecule has 0 aliphatic carbocycles. The Morgan fingerprint density at radius 2 is 2.00 bits per heavy atom. The minimum absolute atomic E-state index is 0.316. The Hall–Kier alpha value is -0.570. The molecule has 16 heavy (non-hydrogen) atoms. The van der Waals surface area contributed by atoms with Crippen molar-refractivity contribution >= 4 is 11.6 Å². The highest BCUT2D eigenvalue weighted by atomic mass is 35.5. The second kappa shape index (κ2) is 7.66. The van der Waals surface area contributed by atoms with Crippen molar-refractivity contribution in [1.82, 2.24) is 0 Å². The number of benzene rings is 1. The van der Waals surface area contributed by atoms with Crippen LogP contribution in [0, 0.1) is 0 Å². The summed E-state index contributed by atoms with van der Waals surface area (Å²) in [6.07, 6.45) is 1.19. The zero-order valence-corrected chi connectivity index (χ0v) is 10.4. The van der Waals surface area contributed by atoms with E-state index in [1.54, 1.807) is 0 Å². The summed E-state index contributed by atoms with van der Waals surface area (Å²) < 4.78 is 5.46. The summed E-state index contributed by atoms with van der Waals surface area (Å²) in [5, 5.41) is 9.29. The highest BCUT2D eigenvalue weighted by Gasteiger charge is 2.15. The molecule has 0 amide bonds. The van der Waals surface area contributed by atoms with Crippen LogP contribution in [0.3, 0.4) is 0 Å². The lowest BCUT2D eigenvalue weighted by molar-refractivity contribution is 0.0737. The van der Waals surface area contributed by atoms with E-state index >= 15 is 0 Å². The third-order valence-corrected chi connectivity index (χ3v) is 2.81. The number of halogens is 1. The first-order chi connectivity index (χ1) is 7.74. The van der Waals surface area contributed by atoms with Crippen molar-refractivity contribution in [3.8, 4) is 0 Å². The summed E-state index contributed by atoms with van der Waals surface area (Å²) in [5.74, 6) is 0. The summed E-state index contributed by atoms with van der Waals surface area (Å²) in [4.78, 5) is 0. The van der Waals surface area contributed by atoms with Crippen LogP contribution in [0.1, 0.15) is 25.3 Å². The lowest BCUT2D eigenvalue weighted by Crippen LogP contribution is -2.25. The Bertz CT molecular complexity index is 277. The molecule has 90 valence electrons. The fourth-order valence-corrected chi connectivity index (χ4v) is 1.67. The molecule has 0 fully saturated rings. The molecule has 2 nitrogen and oxygen atoms in total. The predicted octanol–water partition coefficient (Wildman–Crippen LogP) is 2.97. The zero-order valence-electron chi connectivity index (χ0n) is 9.60. The Morgan fingerprint density at radius 3 is 2.62 bits per heavy atom. The van der Waals surface area contributed by atoms with Crippen molar-refractivity contribution in [3.63, 3.8) is 0 Å². The quantitative estimate of drug-likeness (QED) is 0.745. The van der Waals surface area contributed by atoms with Gasteiger partial charge < -0.3 is 9.84 Å². The van der Waals surface area contributed by atoms with Gasteiger partial charge in [0, 0.05) is 0 Å². The molecular formula is C13H19ClO2. The van der Waals surface area contributed by atoms with Crippen LogP contribution < -0.4 is 0 Å². The largest absolute Gasteiger partial charge is 0.391 e. The van der Waals surface area contributed by atoms with Crippen molar-refractivity contribution in [3.05, 3.63) is 35.9 Å². The molecule has 1 rings (SSSR count). The number of hydrogen-bond acceptors (Lipinski definition) is 2. The molecule has 0 radical (unpaired) electrons. The molecule has 0 saturated carbocycles. The van der Waals surface area contributed by atoms with Crippen molar-refractivity contribution in [1.29, 1.82) is 0 Å². The summed E-state index contributed by atoms with van der Waals surface area (Å²) >= 11 is 6.00. The lowest BCUT2D eigenvalue weighted by atomic mass is 10.1. The Balaban J connectivity index is 2.20. The van der Waals surface area contributed by atoms with Crippen molar-refractivity contribution < 1.29 is 9.84 Å². The topological polar surface area (TPSA) is 29.5 Å². The zero-order chi connectivity index (χ0) is 11.8. The molecule has 1 aromatic rings. The van der Waals surface area contributed by atoms with Gasteiger partial charge in [0.25, 0.3) is 0 Å². The molecule has 0 heterocycles. The molecule has 1 N–H and O–H groups in total. The van der Waals surface area contributed by atoms with E-state index < -0.39 is 6.10 Å². The first-order valence-electron chi connectivity index (χ1n) is 5.67. The fraction of sp³-hybridized carbons (Fsp3) is 0.538. The van der Waals surface area contributed by atoms with E-state index in [9.17, 15) is 5.11 Å². The molecule has 1 aromatic carbocycles. The Morgan fingerprint density at radius 1 is 1.31 bits per heavy atom. The van der Waals surface area contributed by atoms with Gasteiger partial charge in [0.15, 0.2) is 0 Å².